The predicted molar refractivity (Wildman–Crippen MR) is 72.1 cm³/mol. The van der Waals surface area contributed by atoms with Crippen LogP contribution in [0.1, 0.15) is 16.5 Å². The maximum absolute atomic E-state index is 6.44. The molecular formula is C14H12Cl2O. The molecule has 0 amide bonds. The predicted octanol–water partition coefficient (Wildman–Crippen LogP) is 4.68. The van der Waals surface area contributed by atoms with Crippen LogP contribution in [0.5, 0.6) is 5.75 Å². The molecule has 0 saturated heterocycles. The SMILES string of the molecule is COc1ccccc1C(Cl)c1ccc(Cl)cc1. The number of halogens is 2. The van der Waals surface area contributed by atoms with Crippen LogP contribution in [0.2, 0.25) is 5.02 Å². The van der Waals surface area contributed by atoms with Gasteiger partial charge in [-0.2, -0.15) is 0 Å². The van der Waals surface area contributed by atoms with E-state index >= 15 is 0 Å². The minimum atomic E-state index is -0.233. The van der Waals surface area contributed by atoms with E-state index in [2.05, 4.69) is 0 Å². The van der Waals surface area contributed by atoms with Gasteiger partial charge in [-0.25, -0.2) is 0 Å². The zero-order chi connectivity index (χ0) is 12.3. The van der Waals surface area contributed by atoms with E-state index in [1.807, 2.05) is 48.5 Å². The first kappa shape index (κ1) is 12.3. The maximum atomic E-state index is 6.44. The first-order valence-electron chi connectivity index (χ1n) is 5.25. The van der Waals surface area contributed by atoms with Gasteiger partial charge in [0.2, 0.25) is 0 Å². The summed E-state index contributed by atoms with van der Waals surface area (Å²) in [7, 11) is 1.64. The Morgan fingerprint density at radius 2 is 1.65 bits per heavy atom. The smallest absolute Gasteiger partial charge is 0.123 e. The molecule has 0 bridgehead atoms. The lowest BCUT2D eigenvalue weighted by Crippen LogP contribution is -1.96. The van der Waals surface area contributed by atoms with E-state index in [1.54, 1.807) is 7.11 Å². The molecule has 0 spiro atoms. The number of benzene rings is 2. The van der Waals surface area contributed by atoms with Gasteiger partial charge < -0.3 is 4.74 Å². The molecule has 0 aliphatic carbocycles. The highest BCUT2D eigenvalue weighted by Gasteiger charge is 2.14. The Hall–Kier alpha value is -1.18. The van der Waals surface area contributed by atoms with Gasteiger partial charge in [-0.05, 0) is 23.8 Å². The van der Waals surface area contributed by atoms with Crippen LogP contribution < -0.4 is 4.74 Å². The Balaban J connectivity index is 2.36. The Bertz CT molecular complexity index is 494. The van der Waals surface area contributed by atoms with E-state index in [0.717, 1.165) is 16.9 Å². The van der Waals surface area contributed by atoms with Gasteiger partial charge in [0, 0.05) is 10.6 Å². The molecule has 0 N–H and O–H groups in total. The highest BCUT2D eigenvalue weighted by atomic mass is 35.5. The second-order valence-electron chi connectivity index (χ2n) is 3.66. The summed E-state index contributed by atoms with van der Waals surface area (Å²) in [6, 6.07) is 15.3. The largest absolute Gasteiger partial charge is 0.496 e. The maximum Gasteiger partial charge on any atom is 0.123 e. The molecule has 1 unspecified atom stereocenters. The summed E-state index contributed by atoms with van der Waals surface area (Å²) in [5.74, 6) is 0.794. The van der Waals surface area contributed by atoms with E-state index in [-0.39, 0.29) is 5.38 Å². The summed E-state index contributed by atoms with van der Waals surface area (Å²) in [6.07, 6.45) is 0. The van der Waals surface area contributed by atoms with Gasteiger partial charge in [-0.3, -0.25) is 0 Å². The number of rotatable bonds is 3. The molecule has 0 fully saturated rings. The Morgan fingerprint density at radius 1 is 1.00 bits per heavy atom. The summed E-state index contributed by atoms with van der Waals surface area (Å²) in [6.45, 7) is 0. The van der Waals surface area contributed by atoms with Crippen LogP contribution in [0.15, 0.2) is 48.5 Å². The van der Waals surface area contributed by atoms with E-state index in [0.29, 0.717) is 5.02 Å². The molecule has 1 nitrogen and oxygen atoms in total. The molecular weight excluding hydrogens is 255 g/mol. The zero-order valence-electron chi connectivity index (χ0n) is 9.36. The molecule has 0 aromatic heterocycles. The monoisotopic (exact) mass is 266 g/mol. The van der Waals surface area contributed by atoms with E-state index in [9.17, 15) is 0 Å². The molecule has 1 atom stereocenters. The second-order valence-corrected chi connectivity index (χ2v) is 4.53. The number of hydrogen-bond acceptors (Lipinski definition) is 1. The number of alkyl halides is 1. The summed E-state index contributed by atoms with van der Waals surface area (Å²) >= 11 is 12.3. The van der Waals surface area contributed by atoms with Crippen LogP contribution in [-0.4, -0.2) is 7.11 Å². The Morgan fingerprint density at radius 3 is 2.29 bits per heavy atom. The number of methoxy groups -OCH3 is 1. The van der Waals surface area contributed by atoms with E-state index < -0.39 is 0 Å². The van der Waals surface area contributed by atoms with Crippen molar-refractivity contribution in [2.75, 3.05) is 7.11 Å². The third-order valence-electron chi connectivity index (χ3n) is 2.57. The Labute approximate surface area is 111 Å². The van der Waals surface area contributed by atoms with E-state index in [4.69, 9.17) is 27.9 Å². The normalized spacial score (nSPS) is 12.2. The Kier molecular flexibility index (Phi) is 3.93. The van der Waals surface area contributed by atoms with Crippen LogP contribution in [0.25, 0.3) is 0 Å². The number of para-hydroxylation sites is 1. The minimum absolute atomic E-state index is 0.233. The first-order valence-corrected chi connectivity index (χ1v) is 6.06. The molecule has 0 aliphatic rings. The molecule has 2 rings (SSSR count). The molecule has 2 aromatic carbocycles. The van der Waals surface area contributed by atoms with Crippen molar-refractivity contribution in [1.82, 2.24) is 0 Å². The van der Waals surface area contributed by atoms with Gasteiger partial charge in [-0.15, -0.1) is 11.6 Å². The fourth-order valence-corrected chi connectivity index (χ4v) is 2.14. The molecule has 2 aromatic rings. The van der Waals surface area contributed by atoms with Gasteiger partial charge in [-0.1, -0.05) is 41.9 Å². The first-order chi connectivity index (χ1) is 8.22. The standard InChI is InChI=1S/C14H12Cl2O/c1-17-13-5-3-2-4-12(13)14(16)10-6-8-11(15)9-7-10/h2-9,14H,1H3. The van der Waals surface area contributed by atoms with E-state index in [1.165, 1.54) is 0 Å². The van der Waals surface area contributed by atoms with Gasteiger partial charge in [0.1, 0.15) is 5.75 Å². The number of ether oxygens (including phenoxy) is 1. The third-order valence-corrected chi connectivity index (χ3v) is 3.31. The quantitative estimate of drug-likeness (QED) is 0.734. The molecule has 3 heteroatoms. The molecule has 0 saturated carbocycles. The van der Waals surface area contributed by atoms with Crippen molar-refractivity contribution in [2.24, 2.45) is 0 Å². The van der Waals surface area contributed by atoms with Crippen molar-refractivity contribution < 1.29 is 4.74 Å². The number of hydrogen-bond donors (Lipinski definition) is 0. The van der Waals surface area contributed by atoms with Crippen LogP contribution in [0.3, 0.4) is 0 Å². The van der Waals surface area contributed by atoms with Crippen molar-refractivity contribution in [3.63, 3.8) is 0 Å². The van der Waals surface area contributed by atoms with Crippen LogP contribution in [0.4, 0.5) is 0 Å². The van der Waals surface area contributed by atoms with Gasteiger partial charge >= 0.3 is 0 Å². The van der Waals surface area contributed by atoms with Crippen LogP contribution in [-0.2, 0) is 0 Å². The highest BCUT2D eigenvalue weighted by Crippen LogP contribution is 2.34. The van der Waals surface area contributed by atoms with Crippen molar-refractivity contribution in [3.05, 3.63) is 64.7 Å². The van der Waals surface area contributed by atoms with Crippen LogP contribution in [0, 0.1) is 0 Å². The minimum Gasteiger partial charge on any atom is -0.496 e. The average Bonchev–Trinajstić information content (AvgIpc) is 2.39. The fourth-order valence-electron chi connectivity index (χ4n) is 1.69. The van der Waals surface area contributed by atoms with Gasteiger partial charge in [0.05, 0.1) is 12.5 Å². The molecule has 0 heterocycles. The summed E-state index contributed by atoms with van der Waals surface area (Å²) in [5, 5.41) is 0.473. The van der Waals surface area contributed by atoms with Crippen molar-refractivity contribution in [3.8, 4) is 5.75 Å². The summed E-state index contributed by atoms with van der Waals surface area (Å²) in [4.78, 5) is 0. The average molecular weight is 267 g/mol. The topological polar surface area (TPSA) is 9.23 Å². The summed E-state index contributed by atoms with van der Waals surface area (Å²) in [5.41, 5.74) is 1.96. The molecule has 0 radical (unpaired) electrons. The molecule has 17 heavy (non-hydrogen) atoms. The highest BCUT2D eigenvalue weighted by molar-refractivity contribution is 6.30. The van der Waals surface area contributed by atoms with Crippen molar-refractivity contribution in [2.45, 2.75) is 5.38 Å². The second kappa shape index (κ2) is 5.44. The van der Waals surface area contributed by atoms with Gasteiger partial charge in [0.25, 0.3) is 0 Å². The lowest BCUT2D eigenvalue weighted by Gasteiger charge is -2.14. The van der Waals surface area contributed by atoms with Crippen molar-refractivity contribution in [1.29, 1.82) is 0 Å². The van der Waals surface area contributed by atoms with Crippen molar-refractivity contribution >= 4 is 23.2 Å². The van der Waals surface area contributed by atoms with Crippen LogP contribution >= 0.6 is 23.2 Å². The fraction of sp³-hybridized carbons (Fsp3) is 0.143. The zero-order valence-corrected chi connectivity index (χ0v) is 10.9. The molecule has 0 aliphatic heterocycles. The summed E-state index contributed by atoms with van der Waals surface area (Å²) < 4.78 is 5.30. The lowest BCUT2D eigenvalue weighted by molar-refractivity contribution is 0.410. The molecule has 88 valence electrons. The van der Waals surface area contributed by atoms with Gasteiger partial charge in [0.15, 0.2) is 0 Å². The lowest BCUT2D eigenvalue weighted by atomic mass is 10.0. The third kappa shape index (κ3) is 2.74.